The molecule has 0 aromatic rings. The summed E-state index contributed by atoms with van der Waals surface area (Å²) < 4.78 is 22.6. The average molecular weight is 330 g/mol. The summed E-state index contributed by atoms with van der Waals surface area (Å²) >= 11 is 7.05. The van der Waals surface area contributed by atoms with Crippen LogP contribution in [0.4, 0.5) is 0 Å². The number of carbonyl (C=O) groups excluding carboxylic acids is 1. The average Bonchev–Trinajstić information content (AvgIpc) is 2.51. The van der Waals surface area contributed by atoms with Gasteiger partial charge in [-0.2, -0.15) is 11.8 Å². The Hall–Kier alpha value is -0.470. The van der Waals surface area contributed by atoms with Crippen LogP contribution in [-0.2, 0) is 19.4 Å². The van der Waals surface area contributed by atoms with Gasteiger partial charge in [0.1, 0.15) is 0 Å². The van der Waals surface area contributed by atoms with Crippen molar-refractivity contribution in [1.82, 2.24) is 5.32 Å². The molecular weight excluding hydrogens is 314 g/mol. The van der Waals surface area contributed by atoms with Crippen molar-refractivity contribution in [1.29, 1.82) is 0 Å². The third-order valence-corrected chi connectivity index (χ3v) is 6.23. The van der Waals surface area contributed by atoms with Crippen LogP contribution in [0.15, 0.2) is 0 Å². The molecule has 1 aliphatic heterocycles. The van der Waals surface area contributed by atoms with Gasteiger partial charge in [-0.15, -0.1) is 11.6 Å². The van der Waals surface area contributed by atoms with E-state index >= 15 is 0 Å². The Morgan fingerprint density at radius 3 is 2.58 bits per heavy atom. The van der Waals surface area contributed by atoms with Crippen LogP contribution in [0.2, 0.25) is 0 Å². The van der Waals surface area contributed by atoms with Crippen molar-refractivity contribution in [2.75, 3.05) is 23.0 Å². The lowest BCUT2D eigenvalue weighted by Gasteiger charge is -2.14. The molecule has 3 unspecified atom stereocenters. The van der Waals surface area contributed by atoms with Crippen LogP contribution in [-0.4, -0.2) is 59.8 Å². The molecule has 9 heteroatoms. The molecule has 110 valence electrons. The maximum atomic E-state index is 11.6. The Balaban J connectivity index is 2.31. The van der Waals surface area contributed by atoms with Crippen LogP contribution >= 0.6 is 23.4 Å². The van der Waals surface area contributed by atoms with E-state index in [0.717, 1.165) is 0 Å². The Kier molecular flexibility index (Phi) is 5.94. The van der Waals surface area contributed by atoms with Gasteiger partial charge in [0.25, 0.3) is 0 Å². The van der Waals surface area contributed by atoms with Crippen molar-refractivity contribution in [3.8, 4) is 0 Å². The predicted octanol–water partition coefficient (Wildman–Crippen LogP) is -0.0391. The molecule has 1 heterocycles. The zero-order valence-electron chi connectivity index (χ0n) is 10.3. The van der Waals surface area contributed by atoms with E-state index in [0.29, 0.717) is 5.75 Å². The highest BCUT2D eigenvalue weighted by atomic mass is 35.5. The minimum atomic E-state index is -3.17. The van der Waals surface area contributed by atoms with Crippen molar-refractivity contribution in [2.24, 2.45) is 5.92 Å². The number of carboxylic acids is 1. The largest absolute Gasteiger partial charge is 0.481 e. The second kappa shape index (κ2) is 6.81. The number of rotatable bonds is 6. The molecule has 1 saturated heterocycles. The minimum Gasteiger partial charge on any atom is -0.481 e. The Bertz CT molecular complexity index is 453. The Morgan fingerprint density at radius 2 is 2.11 bits per heavy atom. The molecule has 0 aromatic heterocycles. The van der Waals surface area contributed by atoms with Crippen molar-refractivity contribution < 1.29 is 23.1 Å². The molecule has 2 N–H and O–H groups in total. The lowest BCUT2D eigenvalue weighted by atomic mass is 10.2. The molecule has 1 amide bonds. The van der Waals surface area contributed by atoms with E-state index in [4.69, 9.17) is 16.7 Å². The van der Waals surface area contributed by atoms with E-state index in [-0.39, 0.29) is 23.2 Å². The summed E-state index contributed by atoms with van der Waals surface area (Å²) in [6.07, 6.45) is 0. The van der Waals surface area contributed by atoms with Crippen LogP contribution < -0.4 is 5.32 Å². The zero-order chi connectivity index (χ0) is 14.6. The van der Waals surface area contributed by atoms with Crippen LogP contribution in [0.1, 0.15) is 6.92 Å². The highest BCUT2D eigenvalue weighted by molar-refractivity contribution is 7.99. The van der Waals surface area contributed by atoms with Gasteiger partial charge in [-0.05, 0) is 0 Å². The van der Waals surface area contributed by atoms with Gasteiger partial charge in [0.15, 0.2) is 9.84 Å². The quantitative estimate of drug-likeness (QED) is 0.663. The molecule has 1 aliphatic rings. The normalized spacial score (nSPS) is 26.8. The number of hydrogen-bond acceptors (Lipinski definition) is 5. The number of alkyl halides is 1. The van der Waals surface area contributed by atoms with E-state index in [1.807, 2.05) is 0 Å². The fourth-order valence-electron chi connectivity index (χ4n) is 1.58. The maximum absolute atomic E-state index is 11.6. The SMILES string of the molecule is CC(CSCC(=O)NC1CS(=O)(=O)CC1Cl)C(=O)O. The number of carbonyl (C=O) groups is 2. The van der Waals surface area contributed by atoms with Crippen LogP contribution in [0, 0.1) is 5.92 Å². The summed E-state index contributed by atoms with van der Waals surface area (Å²) in [5.74, 6) is -1.59. The predicted molar refractivity (Wildman–Crippen MR) is 74.4 cm³/mol. The van der Waals surface area contributed by atoms with E-state index in [2.05, 4.69) is 5.32 Å². The first kappa shape index (κ1) is 16.6. The second-order valence-corrected chi connectivity index (χ2v) is 8.27. The zero-order valence-corrected chi connectivity index (χ0v) is 12.7. The molecule has 0 radical (unpaired) electrons. The third-order valence-electron chi connectivity index (χ3n) is 2.65. The molecule has 0 spiro atoms. The topological polar surface area (TPSA) is 101 Å². The van der Waals surface area contributed by atoms with Crippen LogP contribution in [0.5, 0.6) is 0 Å². The van der Waals surface area contributed by atoms with Crippen molar-refractivity contribution in [3.05, 3.63) is 0 Å². The van der Waals surface area contributed by atoms with Crippen molar-refractivity contribution >= 4 is 45.1 Å². The number of carboxylic acid groups (broad SMARTS) is 1. The molecule has 0 bridgehead atoms. The lowest BCUT2D eigenvalue weighted by Crippen LogP contribution is -2.41. The summed E-state index contributed by atoms with van der Waals surface area (Å²) in [6, 6.07) is -0.559. The first-order valence-corrected chi connectivity index (χ1v) is 9.07. The van der Waals surface area contributed by atoms with Gasteiger partial charge in [0.05, 0.1) is 34.6 Å². The smallest absolute Gasteiger partial charge is 0.307 e. The monoisotopic (exact) mass is 329 g/mol. The first-order chi connectivity index (χ1) is 8.71. The molecule has 0 saturated carbocycles. The van der Waals surface area contributed by atoms with Gasteiger partial charge in [-0.3, -0.25) is 9.59 Å². The lowest BCUT2D eigenvalue weighted by molar-refractivity contribution is -0.140. The standard InChI is InChI=1S/C10H16ClNO5S2/c1-6(10(14)15)2-18-3-9(13)12-8-5-19(16,17)4-7(8)11/h6-8H,2-5H2,1H3,(H,12,13)(H,14,15). The Morgan fingerprint density at radius 1 is 1.47 bits per heavy atom. The molecule has 6 nitrogen and oxygen atoms in total. The van der Waals surface area contributed by atoms with Gasteiger partial charge in [0, 0.05) is 5.75 Å². The summed E-state index contributed by atoms with van der Waals surface area (Å²) in [5, 5.41) is 10.6. The third kappa shape index (κ3) is 5.58. The van der Waals surface area contributed by atoms with Crippen molar-refractivity contribution in [3.63, 3.8) is 0 Å². The summed E-state index contributed by atoms with van der Waals surface area (Å²) in [6.45, 7) is 1.56. The van der Waals surface area contributed by atoms with Crippen molar-refractivity contribution in [2.45, 2.75) is 18.3 Å². The molecule has 3 atom stereocenters. The van der Waals surface area contributed by atoms with Crippen LogP contribution in [0.3, 0.4) is 0 Å². The minimum absolute atomic E-state index is 0.0950. The number of thioether (sulfide) groups is 1. The summed E-state index contributed by atoms with van der Waals surface area (Å²) in [4.78, 5) is 22.1. The van der Waals surface area contributed by atoms with E-state index in [9.17, 15) is 18.0 Å². The maximum Gasteiger partial charge on any atom is 0.307 e. The van der Waals surface area contributed by atoms with E-state index < -0.39 is 33.1 Å². The number of sulfone groups is 1. The fraction of sp³-hybridized carbons (Fsp3) is 0.800. The number of nitrogens with one attached hydrogen (secondary N) is 1. The Labute approximate surface area is 121 Å². The van der Waals surface area contributed by atoms with E-state index in [1.54, 1.807) is 6.92 Å². The number of aliphatic carboxylic acids is 1. The molecule has 0 aromatic carbocycles. The molecule has 1 fully saturated rings. The number of halogens is 1. The highest BCUT2D eigenvalue weighted by Gasteiger charge is 2.37. The molecule has 1 rings (SSSR count). The van der Waals surface area contributed by atoms with Crippen LogP contribution in [0.25, 0.3) is 0 Å². The summed E-state index contributed by atoms with van der Waals surface area (Å²) in [5.41, 5.74) is 0. The molecule has 0 aliphatic carbocycles. The number of hydrogen-bond donors (Lipinski definition) is 2. The van der Waals surface area contributed by atoms with Gasteiger partial charge in [0.2, 0.25) is 5.91 Å². The van der Waals surface area contributed by atoms with E-state index in [1.165, 1.54) is 11.8 Å². The first-order valence-electron chi connectivity index (χ1n) is 5.65. The highest BCUT2D eigenvalue weighted by Crippen LogP contribution is 2.18. The molecule has 19 heavy (non-hydrogen) atoms. The second-order valence-electron chi connectivity index (χ2n) is 4.52. The van der Waals surface area contributed by atoms with Gasteiger partial charge >= 0.3 is 5.97 Å². The molecular formula is C10H16ClNO5S2. The van der Waals surface area contributed by atoms with Gasteiger partial charge in [-0.1, -0.05) is 6.92 Å². The summed E-state index contributed by atoms with van der Waals surface area (Å²) in [7, 11) is -3.17. The van der Waals surface area contributed by atoms with Gasteiger partial charge < -0.3 is 10.4 Å². The number of amides is 1. The van der Waals surface area contributed by atoms with Gasteiger partial charge in [-0.25, -0.2) is 8.42 Å². The fourth-order valence-corrected chi connectivity index (χ4v) is 5.02.